The number of rotatable bonds is 6. The Bertz CT molecular complexity index is 955. The Hall–Kier alpha value is -3.49. The highest BCUT2D eigenvalue weighted by Gasteiger charge is 2.28. The van der Waals surface area contributed by atoms with E-state index in [1.165, 1.54) is 23.1 Å². The molecule has 4 rings (SSSR count). The highest BCUT2D eigenvalue weighted by molar-refractivity contribution is 5.81. The number of hydrogen-bond acceptors (Lipinski definition) is 6. The molecule has 8 nitrogen and oxygen atoms in total. The summed E-state index contributed by atoms with van der Waals surface area (Å²) in [7, 11) is 0. The summed E-state index contributed by atoms with van der Waals surface area (Å²) in [6.07, 6.45) is 2.35. The zero-order valence-corrected chi connectivity index (χ0v) is 16.5. The van der Waals surface area contributed by atoms with E-state index in [0.717, 1.165) is 18.5 Å². The minimum atomic E-state index is -0.599. The number of piperidine rings is 1. The molecule has 1 unspecified atom stereocenters. The third-order valence-electron chi connectivity index (χ3n) is 4.98. The van der Waals surface area contributed by atoms with E-state index in [0.29, 0.717) is 24.6 Å². The Morgan fingerprint density at radius 1 is 1.07 bits per heavy atom. The van der Waals surface area contributed by atoms with E-state index >= 15 is 0 Å². The first-order valence-electron chi connectivity index (χ1n) is 9.79. The molecule has 0 aliphatic carbocycles. The average Bonchev–Trinajstić information content (AvgIpc) is 3.31. The third-order valence-corrected chi connectivity index (χ3v) is 4.98. The summed E-state index contributed by atoms with van der Waals surface area (Å²) in [4.78, 5) is 14.5. The number of carbonyl (C=O) groups excluding carboxylic acids is 1. The second-order valence-corrected chi connectivity index (χ2v) is 7.10. The number of tetrazole rings is 1. The van der Waals surface area contributed by atoms with E-state index in [1.54, 1.807) is 36.1 Å². The zero-order chi connectivity index (χ0) is 20.9. The molecule has 1 aliphatic rings. The normalized spacial score (nSPS) is 15.6. The number of halogens is 1. The Morgan fingerprint density at radius 3 is 2.37 bits per heavy atom. The minimum Gasteiger partial charge on any atom is -0.490 e. The fourth-order valence-corrected chi connectivity index (χ4v) is 3.37. The molecule has 9 heteroatoms. The summed E-state index contributed by atoms with van der Waals surface area (Å²) < 4.78 is 26.2. The SMILES string of the molecule is CC(Oc1ccc(-n2cnnn2)cc1)C(=O)N1CCC(Oc2ccc(F)cc2)CC1. The lowest BCUT2D eigenvalue weighted by atomic mass is 10.1. The number of benzene rings is 2. The Kier molecular flexibility index (Phi) is 5.87. The van der Waals surface area contributed by atoms with E-state index in [2.05, 4.69) is 15.5 Å². The third kappa shape index (κ3) is 4.73. The van der Waals surface area contributed by atoms with Crippen molar-refractivity contribution in [3.05, 3.63) is 60.7 Å². The van der Waals surface area contributed by atoms with Gasteiger partial charge in [0.25, 0.3) is 5.91 Å². The van der Waals surface area contributed by atoms with Crippen LogP contribution < -0.4 is 9.47 Å². The second-order valence-electron chi connectivity index (χ2n) is 7.10. The van der Waals surface area contributed by atoms with E-state index in [1.807, 2.05) is 12.1 Å². The fraction of sp³-hybridized carbons (Fsp3) is 0.333. The van der Waals surface area contributed by atoms with Gasteiger partial charge in [0.05, 0.1) is 5.69 Å². The summed E-state index contributed by atoms with van der Waals surface area (Å²) in [5.74, 6) is 0.895. The molecule has 3 aromatic rings. The molecule has 0 bridgehead atoms. The van der Waals surface area contributed by atoms with Crippen LogP contribution in [0.15, 0.2) is 54.9 Å². The second kappa shape index (κ2) is 8.89. The Labute approximate surface area is 173 Å². The number of amides is 1. The van der Waals surface area contributed by atoms with Crippen molar-refractivity contribution < 1.29 is 18.7 Å². The van der Waals surface area contributed by atoms with Gasteiger partial charge in [-0.05, 0) is 65.9 Å². The van der Waals surface area contributed by atoms with Gasteiger partial charge in [-0.3, -0.25) is 4.79 Å². The topological polar surface area (TPSA) is 82.4 Å². The summed E-state index contributed by atoms with van der Waals surface area (Å²) >= 11 is 0. The van der Waals surface area contributed by atoms with Gasteiger partial charge in [0.15, 0.2) is 6.10 Å². The minimum absolute atomic E-state index is 0.00885. The maximum Gasteiger partial charge on any atom is 0.263 e. The van der Waals surface area contributed by atoms with Crippen molar-refractivity contribution in [3.8, 4) is 17.2 Å². The Balaban J connectivity index is 1.26. The molecule has 0 N–H and O–H groups in total. The zero-order valence-electron chi connectivity index (χ0n) is 16.5. The van der Waals surface area contributed by atoms with Crippen LogP contribution >= 0.6 is 0 Å². The van der Waals surface area contributed by atoms with Gasteiger partial charge in [-0.1, -0.05) is 0 Å². The Morgan fingerprint density at radius 2 is 1.73 bits per heavy atom. The highest BCUT2D eigenvalue weighted by atomic mass is 19.1. The number of nitrogens with zero attached hydrogens (tertiary/aromatic N) is 5. The van der Waals surface area contributed by atoms with Gasteiger partial charge >= 0.3 is 0 Å². The average molecular weight is 411 g/mol. The lowest BCUT2D eigenvalue weighted by molar-refractivity contribution is -0.139. The molecule has 0 spiro atoms. The molecular formula is C21H22FN5O3. The molecule has 2 aromatic carbocycles. The smallest absolute Gasteiger partial charge is 0.263 e. The first-order valence-corrected chi connectivity index (χ1v) is 9.79. The van der Waals surface area contributed by atoms with Crippen molar-refractivity contribution in [3.63, 3.8) is 0 Å². The van der Waals surface area contributed by atoms with Crippen LogP contribution in [-0.2, 0) is 4.79 Å². The van der Waals surface area contributed by atoms with Gasteiger partial charge in [0, 0.05) is 25.9 Å². The van der Waals surface area contributed by atoms with Crippen molar-refractivity contribution in [2.24, 2.45) is 0 Å². The van der Waals surface area contributed by atoms with Gasteiger partial charge in [-0.2, -0.15) is 0 Å². The molecule has 0 saturated carbocycles. The predicted molar refractivity (Wildman–Crippen MR) is 106 cm³/mol. The van der Waals surface area contributed by atoms with E-state index in [4.69, 9.17) is 9.47 Å². The van der Waals surface area contributed by atoms with E-state index in [-0.39, 0.29) is 17.8 Å². The molecule has 1 fully saturated rings. The maximum atomic E-state index is 13.0. The lowest BCUT2D eigenvalue weighted by Crippen LogP contribution is -2.46. The number of ether oxygens (including phenoxy) is 2. The summed E-state index contributed by atoms with van der Waals surface area (Å²) in [6.45, 7) is 2.94. The molecule has 30 heavy (non-hydrogen) atoms. The van der Waals surface area contributed by atoms with Crippen LogP contribution in [0.5, 0.6) is 11.5 Å². The van der Waals surface area contributed by atoms with E-state index < -0.39 is 6.10 Å². The summed E-state index contributed by atoms with van der Waals surface area (Å²) in [5, 5.41) is 11.0. The van der Waals surface area contributed by atoms with Gasteiger partial charge in [0.1, 0.15) is 29.7 Å². The highest BCUT2D eigenvalue weighted by Crippen LogP contribution is 2.21. The van der Waals surface area contributed by atoms with Crippen LogP contribution in [0.4, 0.5) is 4.39 Å². The van der Waals surface area contributed by atoms with Crippen molar-refractivity contribution in [1.82, 2.24) is 25.1 Å². The monoisotopic (exact) mass is 411 g/mol. The number of likely N-dealkylation sites (tertiary alicyclic amines) is 1. The van der Waals surface area contributed by atoms with Gasteiger partial charge in [-0.15, -0.1) is 5.10 Å². The lowest BCUT2D eigenvalue weighted by Gasteiger charge is -2.33. The van der Waals surface area contributed by atoms with Gasteiger partial charge < -0.3 is 14.4 Å². The van der Waals surface area contributed by atoms with Crippen LogP contribution in [0.1, 0.15) is 19.8 Å². The summed E-state index contributed by atoms with van der Waals surface area (Å²) in [6, 6.07) is 13.2. The standard InChI is InChI=1S/C21H22FN5O3/c1-15(29-18-8-4-17(5-9-18)27-14-23-24-25-27)21(28)26-12-10-20(11-13-26)30-19-6-2-16(22)3-7-19/h2-9,14-15,20H,10-13H2,1H3. The summed E-state index contributed by atoms with van der Waals surface area (Å²) in [5.41, 5.74) is 0.801. The van der Waals surface area contributed by atoms with Crippen LogP contribution in [0.25, 0.3) is 5.69 Å². The molecule has 0 radical (unpaired) electrons. The van der Waals surface area contributed by atoms with E-state index in [9.17, 15) is 9.18 Å². The van der Waals surface area contributed by atoms with Gasteiger partial charge in [-0.25, -0.2) is 9.07 Å². The molecule has 1 saturated heterocycles. The first kappa shape index (κ1) is 19.8. The van der Waals surface area contributed by atoms with Crippen molar-refractivity contribution in [2.45, 2.75) is 32.0 Å². The predicted octanol–water partition coefficient (Wildman–Crippen LogP) is 2.64. The van der Waals surface area contributed by atoms with Crippen LogP contribution in [0.2, 0.25) is 0 Å². The van der Waals surface area contributed by atoms with Crippen molar-refractivity contribution in [1.29, 1.82) is 0 Å². The fourth-order valence-electron chi connectivity index (χ4n) is 3.37. The quantitative estimate of drug-likeness (QED) is 0.620. The molecule has 1 amide bonds. The van der Waals surface area contributed by atoms with Crippen LogP contribution in [0.3, 0.4) is 0 Å². The molecule has 2 heterocycles. The van der Waals surface area contributed by atoms with Gasteiger partial charge in [0.2, 0.25) is 0 Å². The van der Waals surface area contributed by atoms with Crippen molar-refractivity contribution in [2.75, 3.05) is 13.1 Å². The maximum absolute atomic E-state index is 13.0. The molecule has 1 atom stereocenters. The van der Waals surface area contributed by atoms with Crippen molar-refractivity contribution >= 4 is 5.91 Å². The molecule has 156 valence electrons. The molecular weight excluding hydrogens is 389 g/mol. The molecule has 1 aromatic heterocycles. The largest absolute Gasteiger partial charge is 0.490 e. The first-order chi connectivity index (χ1) is 14.6. The van der Waals surface area contributed by atoms with Crippen LogP contribution in [-0.4, -0.2) is 56.3 Å². The number of hydrogen-bond donors (Lipinski definition) is 0. The number of aromatic nitrogens is 4. The number of carbonyl (C=O) groups is 1. The van der Waals surface area contributed by atoms with Crippen LogP contribution in [0, 0.1) is 5.82 Å². The molecule has 1 aliphatic heterocycles.